The highest BCUT2D eigenvalue weighted by Crippen LogP contribution is 2.30. The molecule has 0 saturated carbocycles. The van der Waals surface area contributed by atoms with Gasteiger partial charge in [-0.1, -0.05) is 0 Å². The number of nitrogens with zero attached hydrogens (tertiary/aromatic N) is 1. The molecule has 1 aromatic heterocycles. The van der Waals surface area contributed by atoms with E-state index in [4.69, 9.17) is 0 Å². The maximum absolute atomic E-state index is 12.3. The molecular weight excluding hydrogens is 183 g/mol. The minimum atomic E-state index is -4.39. The van der Waals surface area contributed by atoms with E-state index in [0.29, 0.717) is 0 Å². The van der Waals surface area contributed by atoms with E-state index in [0.717, 1.165) is 6.07 Å². The molecule has 0 aliphatic heterocycles. The van der Waals surface area contributed by atoms with Gasteiger partial charge in [0.25, 0.3) is 0 Å². The summed E-state index contributed by atoms with van der Waals surface area (Å²) in [4.78, 5) is 3.55. The average Bonchev–Trinajstić information content (AvgIpc) is 2.04. The Bertz CT molecular complexity index is 285. The lowest BCUT2D eigenvalue weighted by molar-refractivity contribution is -0.139. The van der Waals surface area contributed by atoms with Crippen molar-refractivity contribution in [2.24, 2.45) is 0 Å². The Hall–Kier alpha value is -1.10. The molecule has 0 bridgehead atoms. The Kier molecular flexibility index (Phi) is 2.87. The molecule has 0 unspecified atom stereocenters. The lowest BCUT2D eigenvalue weighted by Crippen LogP contribution is -2.10. The molecule has 0 aromatic carbocycles. The van der Waals surface area contributed by atoms with Crippen molar-refractivity contribution in [1.29, 1.82) is 0 Å². The van der Waals surface area contributed by atoms with Crippen molar-refractivity contribution < 1.29 is 17.9 Å². The fourth-order valence-corrected chi connectivity index (χ4v) is 0.908. The Morgan fingerprint density at radius 2 is 2.15 bits per heavy atom. The maximum atomic E-state index is 12.3. The van der Waals surface area contributed by atoms with Crippen LogP contribution in [0.15, 0.2) is 18.3 Å². The second-order valence-electron chi connectivity index (χ2n) is 2.34. The number of ether oxygens (including phenoxy) is 1. The molecule has 1 aromatic rings. The molecule has 0 fully saturated rings. The van der Waals surface area contributed by atoms with Gasteiger partial charge in [-0.3, -0.25) is 4.98 Å². The number of halogens is 3. The quantitative estimate of drug-likeness (QED) is 0.714. The molecule has 1 rings (SSSR count). The highest BCUT2D eigenvalue weighted by atomic mass is 19.4. The summed E-state index contributed by atoms with van der Waals surface area (Å²) in [5, 5.41) is 0. The zero-order valence-electron chi connectivity index (χ0n) is 6.64. The minimum Gasteiger partial charge on any atom is -0.373 e. The summed E-state index contributed by atoms with van der Waals surface area (Å²) in [6, 6.07) is 2.19. The third-order valence-electron chi connectivity index (χ3n) is 1.43. The third-order valence-corrected chi connectivity index (χ3v) is 1.43. The van der Waals surface area contributed by atoms with Gasteiger partial charge in [0, 0.05) is 6.20 Å². The van der Waals surface area contributed by atoms with Gasteiger partial charge >= 0.3 is 6.18 Å². The molecule has 0 aliphatic rings. The van der Waals surface area contributed by atoms with Crippen LogP contribution in [0.5, 0.6) is 0 Å². The van der Waals surface area contributed by atoms with E-state index in [1.807, 2.05) is 0 Å². The topological polar surface area (TPSA) is 22.1 Å². The predicted octanol–water partition coefficient (Wildman–Crippen LogP) is 2.41. The third kappa shape index (κ3) is 2.42. The van der Waals surface area contributed by atoms with Gasteiger partial charge in [0.2, 0.25) is 0 Å². The first-order valence-electron chi connectivity index (χ1n) is 3.43. The normalized spacial score (nSPS) is 11.7. The number of pyridine rings is 1. The molecule has 0 spiro atoms. The van der Waals surface area contributed by atoms with Crippen molar-refractivity contribution in [3.63, 3.8) is 0 Å². The lowest BCUT2D eigenvalue weighted by Gasteiger charge is -2.10. The van der Waals surface area contributed by atoms with Crippen LogP contribution in [-0.4, -0.2) is 4.98 Å². The van der Waals surface area contributed by atoms with Crippen molar-refractivity contribution in [2.75, 3.05) is 0 Å². The predicted molar refractivity (Wildman–Crippen MR) is 39.4 cm³/mol. The van der Waals surface area contributed by atoms with Gasteiger partial charge < -0.3 is 4.74 Å². The van der Waals surface area contributed by atoms with Gasteiger partial charge in [0.05, 0.1) is 25.0 Å². The van der Waals surface area contributed by atoms with Crippen molar-refractivity contribution >= 4 is 0 Å². The van der Waals surface area contributed by atoms with Gasteiger partial charge in [0.1, 0.15) is 0 Å². The monoisotopic (exact) mass is 190 g/mol. The summed E-state index contributed by atoms with van der Waals surface area (Å²) >= 11 is 0. The van der Waals surface area contributed by atoms with Crippen LogP contribution in [0.1, 0.15) is 11.3 Å². The molecule has 2 nitrogen and oxygen atoms in total. The number of aromatic nitrogens is 1. The first kappa shape index (κ1) is 9.98. The summed E-state index contributed by atoms with van der Waals surface area (Å²) in [5.41, 5.74) is -0.927. The molecule has 71 valence electrons. The van der Waals surface area contributed by atoms with Gasteiger partial charge in [0.15, 0.2) is 0 Å². The summed E-state index contributed by atoms with van der Waals surface area (Å²) in [5.74, 6) is 0. The average molecular weight is 190 g/mol. The van der Waals surface area contributed by atoms with Crippen molar-refractivity contribution in [1.82, 2.24) is 4.98 Å². The Labute approximate surface area is 73.4 Å². The van der Waals surface area contributed by atoms with Gasteiger partial charge in [-0.05, 0) is 12.1 Å². The Morgan fingerprint density at radius 1 is 1.46 bits per heavy atom. The smallest absolute Gasteiger partial charge is 0.373 e. The number of hydrogen-bond acceptors (Lipinski definition) is 2. The van der Waals surface area contributed by atoms with Gasteiger partial charge in [-0.2, -0.15) is 13.2 Å². The van der Waals surface area contributed by atoms with Crippen molar-refractivity contribution in [3.05, 3.63) is 36.7 Å². The van der Waals surface area contributed by atoms with Crippen LogP contribution in [0.4, 0.5) is 13.2 Å². The van der Waals surface area contributed by atoms with E-state index in [9.17, 15) is 13.2 Å². The van der Waals surface area contributed by atoms with Crippen molar-refractivity contribution in [3.8, 4) is 0 Å². The molecule has 0 atom stereocenters. The number of rotatable bonds is 2. The zero-order chi connectivity index (χ0) is 9.90. The van der Waals surface area contributed by atoms with E-state index in [2.05, 4.69) is 16.8 Å². The first-order chi connectivity index (χ1) is 6.05. The van der Waals surface area contributed by atoms with Crippen LogP contribution < -0.4 is 0 Å². The minimum absolute atomic E-state index is 0.148. The SMILES string of the molecule is [CH2]OCc1ncccc1C(F)(F)F. The maximum Gasteiger partial charge on any atom is 0.418 e. The summed E-state index contributed by atoms with van der Waals surface area (Å²) in [7, 11) is 3.00. The highest BCUT2D eigenvalue weighted by molar-refractivity contribution is 5.22. The van der Waals surface area contributed by atoms with Gasteiger partial charge in [-0.15, -0.1) is 0 Å². The fourth-order valence-electron chi connectivity index (χ4n) is 0.908. The van der Waals surface area contributed by atoms with E-state index >= 15 is 0 Å². The Morgan fingerprint density at radius 3 is 2.69 bits per heavy atom. The van der Waals surface area contributed by atoms with Crippen LogP contribution in [0.25, 0.3) is 0 Å². The van der Waals surface area contributed by atoms with Crippen LogP contribution in [0.2, 0.25) is 0 Å². The van der Waals surface area contributed by atoms with Crippen LogP contribution in [-0.2, 0) is 17.5 Å². The molecule has 5 heteroatoms. The van der Waals surface area contributed by atoms with Crippen molar-refractivity contribution in [2.45, 2.75) is 12.8 Å². The zero-order valence-corrected chi connectivity index (χ0v) is 6.64. The second-order valence-corrected chi connectivity index (χ2v) is 2.34. The van der Waals surface area contributed by atoms with E-state index in [-0.39, 0.29) is 12.3 Å². The fraction of sp³-hybridized carbons (Fsp3) is 0.250. The molecule has 0 aliphatic carbocycles. The molecule has 1 radical (unpaired) electrons. The largest absolute Gasteiger partial charge is 0.418 e. The number of alkyl halides is 3. The molecular formula is C8H7F3NO. The molecule has 13 heavy (non-hydrogen) atoms. The first-order valence-corrected chi connectivity index (χ1v) is 3.43. The van der Waals surface area contributed by atoms with Crippen LogP contribution in [0.3, 0.4) is 0 Å². The molecule has 0 saturated heterocycles. The van der Waals surface area contributed by atoms with E-state index in [1.54, 1.807) is 0 Å². The summed E-state index contributed by atoms with van der Waals surface area (Å²) in [6.45, 7) is -0.240. The molecule has 0 N–H and O–H groups in total. The van der Waals surface area contributed by atoms with E-state index in [1.165, 1.54) is 12.3 Å². The summed E-state index contributed by atoms with van der Waals surface area (Å²) in [6.07, 6.45) is -3.11. The molecule has 1 heterocycles. The van der Waals surface area contributed by atoms with Gasteiger partial charge in [-0.25, -0.2) is 0 Å². The second kappa shape index (κ2) is 3.74. The van der Waals surface area contributed by atoms with Crippen LogP contribution >= 0.6 is 0 Å². The van der Waals surface area contributed by atoms with Crippen LogP contribution in [0, 0.1) is 7.11 Å². The standard InChI is InChI=1S/C8H7F3NO/c1-13-5-7-6(8(9,10)11)3-2-4-12-7/h2-4H,1,5H2. The summed E-state index contributed by atoms with van der Waals surface area (Å²) < 4.78 is 41.1. The highest BCUT2D eigenvalue weighted by Gasteiger charge is 2.33. The lowest BCUT2D eigenvalue weighted by atomic mass is 10.2. The Balaban J connectivity index is 3.05. The van der Waals surface area contributed by atoms with E-state index < -0.39 is 11.7 Å². The molecule has 0 amide bonds. The number of hydrogen-bond donors (Lipinski definition) is 0.